The van der Waals surface area contributed by atoms with Crippen molar-refractivity contribution in [2.24, 2.45) is 0 Å². The maximum absolute atomic E-state index is 6.60. The van der Waals surface area contributed by atoms with E-state index in [-0.39, 0.29) is 0 Å². The van der Waals surface area contributed by atoms with Gasteiger partial charge in [0.2, 0.25) is 0 Å². The van der Waals surface area contributed by atoms with E-state index in [0.717, 1.165) is 77.0 Å². The Kier molecular flexibility index (Phi) is 6.63. The van der Waals surface area contributed by atoms with Crippen molar-refractivity contribution in [3.8, 4) is 39.9 Å². The van der Waals surface area contributed by atoms with Crippen molar-refractivity contribution in [1.82, 2.24) is 19.5 Å². The van der Waals surface area contributed by atoms with E-state index in [1.807, 2.05) is 60.7 Å². The zero-order valence-electron chi connectivity index (χ0n) is 31.4. The molecule has 0 aliphatic heterocycles. The lowest BCUT2D eigenvalue weighted by Gasteiger charge is -2.10. The molecule has 0 radical (unpaired) electrons. The van der Waals surface area contributed by atoms with Crippen molar-refractivity contribution >= 4 is 87.2 Å². The summed E-state index contributed by atoms with van der Waals surface area (Å²) in [7, 11) is 0. The van der Waals surface area contributed by atoms with Crippen LogP contribution in [0, 0.1) is 0 Å². The minimum absolute atomic E-state index is 0.564. The zero-order valence-corrected chi connectivity index (χ0v) is 31.4. The summed E-state index contributed by atoms with van der Waals surface area (Å²) in [6.45, 7) is 0. The van der Waals surface area contributed by atoms with E-state index in [4.69, 9.17) is 23.8 Å². The topological polar surface area (TPSA) is 69.9 Å². The zero-order chi connectivity index (χ0) is 38.6. The van der Waals surface area contributed by atoms with E-state index in [9.17, 15) is 0 Å². The fraction of sp³-hybridized carbons (Fsp3) is 0. The highest BCUT2D eigenvalue weighted by Crippen LogP contribution is 2.40. The van der Waals surface area contributed by atoms with E-state index < -0.39 is 0 Å². The summed E-state index contributed by atoms with van der Waals surface area (Å²) in [6, 6.07) is 63.5. The van der Waals surface area contributed by atoms with Gasteiger partial charge in [-0.15, -0.1) is 0 Å². The van der Waals surface area contributed by atoms with Gasteiger partial charge in [-0.2, -0.15) is 0 Å². The number of hydrogen-bond acceptors (Lipinski definition) is 5. The molecule has 13 rings (SSSR count). The molecule has 274 valence electrons. The van der Waals surface area contributed by atoms with Gasteiger partial charge in [0.1, 0.15) is 22.3 Å². The molecule has 9 aromatic carbocycles. The van der Waals surface area contributed by atoms with Crippen LogP contribution in [0.25, 0.3) is 127 Å². The van der Waals surface area contributed by atoms with Crippen LogP contribution in [-0.2, 0) is 0 Å². The van der Waals surface area contributed by atoms with Crippen molar-refractivity contribution in [3.05, 3.63) is 182 Å². The van der Waals surface area contributed by atoms with E-state index in [1.165, 1.54) is 32.6 Å². The lowest BCUT2D eigenvalue weighted by atomic mass is 10.0. The van der Waals surface area contributed by atoms with Crippen molar-refractivity contribution < 1.29 is 8.83 Å². The van der Waals surface area contributed by atoms with Crippen LogP contribution >= 0.6 is 0 Å². The molecule has 59 heavy (non-hydrogen) atoms. The van der Waals surface area contributed by atoms with Gasteiger partial charge in [-0.05, 0) is 88.3 Å². The van der Waals surface area contributed by atoms with Gasteiger partial charge in [-0.25, -0.2) is 15.0 Å². The molecule has 0 saturated carbocycles. The average molecular weight is 755 g/mol. The molecule has 4 aromatic heterocycles. The Morgan fingerprint density at radius 3 is 1.75 bits per heavy atom. The van der Waals surface area contributed by atoms with Crippen LogP contribution in [0.4, 0.5) is 0 Å². The molecule has 6 nitrogen and oxygen atoms in total. The summed E-state index contributed by atoms with van der Waals surface area (Å²) in [5.41, 5.74) is 9.35. The molecule has 0 spiro atoms. The number of rotatable bonds is 4. The second-order valence-electron chi connectivity index (χ2n) is 15.2. The molecule has 0 bridgehead atoms. The maximum atomic E-state index is 6.60. The molecule has 13 aromatic rings. The van der Waals surface area contributed by atoms with Gasteiger partial charge in [0, 0.05) is 54.7 Å². The molecule has 4 heterocycles. The highest BCUT2D eigenvalue weighted by Gasteiger charge is 2.19. The molecule has 0 amide bonds. The summed E-state index contributed by atoms with van der Waals surface area (Å²) in [4.78, 5) is 15.0. The second kappa shape index (κ2) is 12.2. The van der Waals surface area contributed by atoms with Crippen LogP contribution in [0.3, 0.4) is 0 Å². The van der Waals surface area contributed by atoms with E-state index in [0.29, 0.717) is 17.5 Å². The van der Waals surface area contributed by atoms with Crippen LogP contribution in [0.15, 0.2) is 191 Å². The predicted octanol–water partition coefficient (Wildman–Crippen LogP) is 14.1. The van der Waals surface area contributed by atoms with Crippen LogP contribution in [0.5, 0.6) is 0 Å². The molecule has 0 fully saturated rings. The smallest absolute Gasteiger partial charge is 0.164 e. The lowest BCUT2D eigenvalue weighted by Crippen LogP contribution is -2.00. The predicted molar refractivity (Wildman–Crippen MR) is 240 cm³/mol. The van der Waals surface area contributed by atoms with Gasteiger partial charge in [0.05, 0.1) is 11.0 Å². The lowest BCUT2D eigenvalue weighted by molar-refractivity contribution is 0.669. The molecule has 0 aliphatic rings. The quantitative estimate of drug-likeness (QED) is 0.179. The Morgan fingerprint density at radius 1 is 0.322 bits per heavy atom. The summed E-state index contributed by atoms with van der Waals surface area (Å²) >= 11 is 0. The minimum Gasteiger partial charge on any atom is -0.456 e. The third kappa shape index (κ3) is 4.90. The number of nitrogens with zero attached hydrogens (tertiary/aromatic N) is 4. The highest BCUT2D eigenvalue weighted by molar-refractivity contribution is 6.20. The molecule has 0 atom stereocenters. The number of aromatic nitrogens is 4. The Labute approximate surface area is 336 Å². The summed E-state index contributed by atoms with van der Waals surface area (Å²) in [5, 5.41) is 11.5. The first kappa shape index (κ1) is 32.0. The maximum Gasteiger partial charge on any atom is 0.164 e. The number of hydrogen-bond donors (Lipinski definition) is 0. The van der Waals surface area contributed by atoms with E-state index in [1.54, 1.807) is 0 Å². The Morgan fingerprint density at radius 2 is 0.932 bits per heavy atom. The summed E-state index contributed by atoms with van der Waals surface area (Å²) in [6.07, 6.45) is 0. The number of benzene rings is 9. The third-order valence-electron chi connectivity index (χ3n) is 11.8. The molecule has 0 saturated heterocycles. The summed E-state index contributed by atoms with van der Waals surface area (Å²) < 4.78 is 15.2. The third-order valence-corrected chi connectivity index (χ3v) is 11.8. The molecule has 6 heteroatoms. The van der Waals surface area contributed by atoms with Gasteiger partial charge >= 0.3 is 0 Å². The van der Waals surface area contributed by atoms with Crippen molar-refractivity contribution in [2.75, 3.05) is 0 Å². The van der Waals surface area contributed by atoms with Crippen LogP contribution < -0.4 is 0 Å². The van der Waals surface area contributed by atoms with Crippen LogP contribution in [0.2, 0.25) is 0 Å². The fourth-order valence-electron chi connectivity index (χ4n) is 9.02. The largest absolute Gasteiger partial charge is 0.456 e. The van der Waals surface area contributed by atoms with Gasteiger partial charge < -0.3 is 13.4 Å². The summed E-state index contributed by atoms with van der Waals surface area (Å²) in [5.74, 6) is 1.73. The van der Waals surface area contributed by atoms with Gasteiger partial charge in [-0.3, -0.25) is 0 Å². The SMILES string of the molecule is c1ccc(-c2nc(-c3ccc4c(c3)oc3ccccc34)nc(-c3ccc4c(c3)oc3ccc5cc(-n6c7ccccc7c7cc8ccccc8cc76)ccc5c34)n2)cc1. The van der Waals surface area contributed by atoms with Crippen LogP contribution in [-0.4, -0.2) is 19.5 Å². The van der Waals surface area contributed by atoms with Crippen molar-refractivity contribution in [1.29, 1.82) is 0 Å². The van der Waals surface area contributed by atoms with E-state index >= 15 is 0 Å². The highest BCUT2D eigenvalue weighted by atomic mass is 16.3. The minimum atomic E-state index is 0.564. The first-order valence-corrected chi connectivity index (χ1v) is 19.8. The molecule has 0 N–H and O–H groups in total. The Hall–Kier alpha value is -8.09. The number of furan rings is 2. The number of fused-ring (bicyclic) bond motifs is 12. The van der Waals surface area contributed by atoms with Crippen molar-refractivity contribution in [3.63, 3.8) is 0 Å². The van der Waals surface area contributed by atoms with Gasteiger partial charge in [0.25, 0.3) is 0 Å². The first-order valence-electron chi connectivity index (χ1n) is 19.8. The van der Waals surface area contributed by atoms with Crippen LogP contribution in [0.1, 0.15) is 0 Å². The normalized spacial score (nSPS) is 12.1. The standard InChI is InChI=1S/C53H30N4O2/c1-2-10-31(11-3-1)51-54-52(35-18-22-41-40-15-7-9-17-46(40)58-48(41)29-35)56-53(55-51)36-19-23-42-49(30-36)59-47-25-20-34-26-37(21-24-38(34)50(42)47)57-44-16-8-6-14-39(44)43-27-32-12-4-5-13-33(32)28-45(43)57/h1-30H. The molecule has 0 unspecified atom stereocenters. The second-order valence-corrected chi connectivity index (χ2v) is 15.2. The number of para-hydroxylation sites is 2. The van der Waals surface area contributed by atoms with Crippen molar-refractivity contribution in [2.45, 2.75) is 0 Å². The monoisotopic (exact) mass is 754 g/mol. The average Bonchev–Trinajstić information content (AvgIpc) is 3.97. The fourth-order valence-corrected chi connectivity index (χ4v) is 9.02. The Balaban J connectivity index is 0.946. The first-order chi connectivity index (χ1) is 29.2. The van der Waals surface area contributed by atoms with E-state index in [2.05, 4.69) is 126 Å². The van der Waals surface area contributed by atoms with Gasteiger partial charge in [0.15, 0.2) is 17.5 Å². The van der Waals surface area contributed by atoms with Gasteiger partial charge in [-0.1, -0.05) is 115 Å². The molecular formula is C53H30N4O2. The molecular weight excluding hydrogens is 725 g/mol. The Bertz CT molecular complexity index is 3860. The molecule has 0 aliphatic carbocycles.